The molecular weight excluding hydrogens is 298 g/mol. The zero-order chi connectivity index (χ0) is 12.4. The van der Waals surface area contributed by atoms with Gasteiger partial charge in [0.1, 0.15) is 29.1 Å². The van der Waals surface area contributed by atoms with E-state index in [0.29, 0.717) is 0 Å². The van der Waals surface area contributed by atoms with Crippen LogP contribution in [0.1, 0.15) is 10.4 Å². The Kier molecular flexibility index (Phi) is 3.19. The second-order valence-corrected chi connectivity index (χ2v) is 4.03. The SMILES string of the molecule is O=C(Nc1cnoc1)c1c(F)cc(Br)cc1F. The van der Waals surface area contributed by atoms with Crippen LogP contribution in [0.15, 0.2) is 33.6 Å². The maximum atomic E-state index is 13.4. The predicted octanol–water partition coefficient (Wildman–Crippen LogP) is 2.97. The van der Waals surface area contributed by atoms with Crippen molar-refractivity contribution in [2.75, 3.05) is 5.32 Å². The number of aromatic nitrogens is 1. The molecule has 0 unspecified atom stereocenters. The van der Waals surface area contributed by atoms with Crippen molar-refractivity contribution in [3.63, 3.8) is 0 Å². The number of anilines is 1. The molecule has 0 aliphatic heterocycles. The molecule has 1 aromatic heterocycles. The summed E-state index contributed by atoms with van der Waals surface area (Å²) >= 11 is 2.92. The molecule has 1 heterocycles. The van der Waals surface area contributed by atoms with Crippen molar-refractivity contribution in [3.05, 3.63) is 46.3 Å². The van der Waals surface area contributed by atoms with Crippen LogP contribution in [0.2, 0.25) is 0 Å². The summed E-state index contributed by atoms with van der Waals surface area (Å²) in [5.74, 6) is -2.81. The molecule has 0 fully saturated rings. The van der Waals surface area contributed by atoms with E-state index in [1.165, 1.54) is 6.20 Å². The Morgan fingerprint density at radius 2 is 2.00 bits per heavy atom. The van der Waals surface area contributed by atoms with E-state index < -0.39 is 23.1 Å². The Hall–Kier alpha value is -1.76. The van der Waals surface area contributed by atoms with Gasteiger partial charge in [-0.15, -0.1) is 0 Å². The molecule has 1 N–H and O–H groups in total. The van der Waals surface area contributed by atoms with Gasteiger partial charge in [-0.2, -0.15) is 0 Å². The minimum absolute atomic E-state index is 0.217. The van der Waals surface area contributed by atoms with E-state index in [1.807, 2.05) is 0 Å². The lowest BCUT2D eigenvalue weighted by Gasteiger charge is -2.05. The second kappa shape index (κ2) is 4.62. The first-order valence-corrected chi connectivity index (χ1v) is 5.22. The van der Waals surface area contributed by atoms with Gasteiger partial charge in [-0.25, -0.2) is 8.78 Å². The van der Waals surface area contributed by atoms with Crippen LogP contribution >= 0.6 is 15.9 Å². The number of hydrogen-bond donors (Lipinski definition) is 1. The van der Waals surface area contributed by atoms with Crippen molar-refractivity contribution in [2.24, 2.45) is 0 Å². The summed E-state index contributed by atoms with van der Waals surface area (Å²) in [7, 11) is 0. The molecule has 1 amide bonds. The van der Waals surface area contributed by atoms with Crippen molar-refractivity contribution in [1.82, 2.24) is 5.16 Å². The molecule has 0 aliphatic rings. The van der Waals surface area contributed by atoms with Gasteiger partial charge in [0.15, 0.2) is 0 Å². The highest BCUT2D eigenvalue weighted by Crippen LogP contribution is 2.20. The van der Waals surface area contributed by atoms with Gasteiger partial charge in [-0.05, 0) is 12.1 Å². The smallest absolute Gasteiger partial charge is 0.261 e. The lowest BCUT2D eigenvalue weighted by atomic mass is 10.2. The molecule has 4 nitrogen and oxygen atoms in total. The van der Waals surface area contributed by atoms with Crippen LogP contribution in [0.3, 0.4) is 0 Å². The molecule has 0 atom stereocenters. The van der Waals surface area contributed by atoms with Gasteiger partial charge >= 0.3 is 0 Å². The first-order chi connectivity index (χ1) is 8.08. The summed E-state index contributed by atoms with van der Waals surface area (Å²) in [6.07, 6.45) is 2.36. The highest BCUT2D eigenvalue weighted by atomic mass is 79.9. The van der Waals surface area contributed by atoms with Crippen LogP contribution in [0.25, 0.3) is 0 Å². The maximum Gasteiger partial charge on any atom is 0.261 e. The van der Waals surface area contributed by atoms with Crippen molar-refractivity contribution in [2.45, 2.75) is 0 Å². The standard InChI is InChI=1S/C10H5BrF2N2O2/c11-5-1-7(12)9(8(13)2-5)10(16)15-6-3-14-17-4-6/h1-4H,(H,15,16). The minimum Gasteiger partial charge on any atom is -0.363 e. The summed E-state index contributed by atoms with van der Waals surface area (Å²) in [6.45, 7) is 0. The van der Waals surface area contributed by atoms with Crippen LogP contribution < -0.4 is 5.32 Å². The van der Waals surface area contributed by atoms with Crippen LogP contribution in [-0.4, -0.2) is 11.1 Å². The average Bonchev–Trinajstić information content (AvgIpc) is 2.68. The van der Waals surface area contributed by atoms with Gasteiger partial charge in [0, 0.05) is 4.47 Å². The molecular formula is C10H5BrF2N2O2. The summed E-state index contributed by atoms with van der Waals surface area (Å²) in [5.41, 5.74) is -0.439. The number of amides is 1. The number of carbonyl (C=O) groups excluding carboxylic acids is 1. The Morgan fingerprint density at radius 3 is 2.53 bits per heavy atom. The summed E-state index contributed by atoms with van der Waals surface area (Å²) in [6, 6.07) is 2.01. The first kappa shape index (κ1) is 11.7. The van der Waals surface area contributed by atoms with E-state index in [0.717, 1.165) is 18.4 Å². The molecule has 0 saturated heterocycles. The van der Waals surface area contributed by atoms with Gasteiger partial charge in [0.2, 0.25) is 0 Å². The summed E-state index contributed by atoms with van der Waals surface area (Å²) in [5, 5.41) is 5.59. The Bertz CT molecular complexity index is 534. The minimum atomic E-state index is -0.953. The fraction of sp³-hybridized carbons (Fsp3) is 0. The topological polar surface area (TPSA) is 55.1 Å². The number of hydrogen-bond acceptors (Lipinski definition) is 3. The molecule has 0 spiro atoms. The molecule has 88 valence electrons. The summed E-state index contributed by atoms with van der Waals surface area (Å²) < 4.78 is 31.5. The maximum absolute atomic E-state index is 13.4. The van der Waals surface area contributed by atoms with Gasteiger partial charge < -0.3 is 9.84 Å². The molecule has 1 aromatic carbocycles. The molecule has 0 saturated carbocycles. The molecule has 7 heteroatoms. The Morgan fingerprint density at radius 1 is 1.35 bits per heavy atom. The van der Waals surface area contributed by atoms with Crippen molar-refractivity contribution >= 4 is 27.5 Å². The van der Waals surface area contributed by atoms with Crippen molar-refractivity contribution in [1.29, 1.82) is 0 Å². The van der Waals surface area contributed by atoms with Crippen LogP contribution in [0, 0.1) is 11.6 Å². The molecule has 0 aliphatic carbocycles. The highest BCUT2D eigenvalue weighted by molar-refractivity contribution is 9.10. The van der Waals surface area contributed by atoms with Gasteiger partial charge in [-0.3, -0.25) is 4.79 Å². The van der Waals surface area contributed by atoms with E-state index in [4.69, 9.17) is 0 Å². The number of benzene rings is 1. The first-order valence-electron chi connectivity index (χ1n) is 4.43. The van der Waals surface area contributed by atoms with E-state index >= 15 is 0 Å². The fourth-order valence-corrected chi connectivity index (χ4v) is 1.62. The second-order valence-electron chi connectivity index (χ2n) is 3.11. The van der Waals surface area contributed by atoms with Crippen LogP contribution in [0.5, 0.6) is 0 Å². The molecule has 0 bridgehead atoms. The lowest BCUT2D eigenvalue weighted by Crippen LogP contribution is -2.15. The van der Waals surface area contributed by atoms with Crippen LogP contribution in [0.4, 0.5) is 14.5 Å². The summed E-state index contributed by atoms with van der Waals surface area (Å²) in [4.78, 5) is 11.6. The quantitative estimate of drug-likeness (QED) is 0.928. The monoisotopic (exact) mass is 302 g/mol. The fourth-order valence-electron chi connectivity index (χ4n) is 1.22. The zero-order valence-electron chi connectivity index (χ0n) is 8.21. The van der Waals surface area contributed by atoms with E-state index in [1.54, 1.807) is 0 Å². The zero-order valence-corrected chi connectivity index (χ0v) is 9.79. The van der Waals surface area contributed by atoms with Gasteiger partial charge in [-0.1, -0.05) is 21.1 Å². The van der Waals surface area contributed by atoms with E-state index in [-0.39, 0.29) is 10.2 Å². The van der Waals surface area contributed by atoms with E-state index in [9.17, 15) is 13.6 Å². The number of rotatable bonds is 2. The average molecular weight is 303 g/mol. The lowest BCUT2D eigenvalue weighted by molar-refractivity contribution is 0.101. The van der Waals surface area contributed by atoms with Gasteiger partial charge in [0.05, 0.1) is 6.20 Å². The van der Waals surface area contributed by atoms with E-state index in [2.05, 4.69) is 30.9 Å². The molecule has 17 heavy (non-hydrogen) atoms. The molecule has 2 aromatic rings. The third-order valence-corrected chi connectivity index (χ3v) is 2.38. The third-order valence-electron chi connectivity index (χ3n) is 1.92. The van der Waals surface area contributed by atoms with Crippen LogP contribution in [-0.2, 0) is 0 Å². The largest absolute Gasteiger partial charge is 0.363 e. The normalized spacial score (nSPS) is 10.3. The van der Waals surface area contributed by atoms with Crippen molar-refractivity contribution in [3.8, 4) is 0 Å². The number of nitrogens with one attached hydrogen (secondary N) is 1. The molecule has 0 radical (unpaired) electrons. The molecule has 2 rings (SSSR count). The predicted molar refractivity (Wildman–Crippen MR) is 58.5 cm³/mol. The number of carbonyl (C=O) groups is 1. The Balaban J connectivity index is 2.31. The van der Waals surface area contributed by atoms with Crippen molar-refractivity contribution < 1.29 is 18.1 Å². The third kappa shape index (κ3) is 2.50. The number of nitrogens with zero attached hydrogens (tertiary/aromatic N) is 1. The van der Waals surface area contributed by atoms with Gasteiger partial charge in [0.25, 0.3) is 5.91 Å². The highest BCUT2D eigenvalue weighted by Gasteiger charge is 2.18. The Labute approximate surface area is 103 Å². The number of halogens is 3.